The standard InChI is InChI=1S/C20H29N/c1-7-9-12-20(19(6)16-18(5)8-2)13-15-21-14-10-11-17(3)4/h7-10,12,14,16,21H,2-3,6,11,13,15H2,1,4-5H3/b9-7-,14-10-,18-16+,20-12-. The first-order valence-corrected chi connectivity index (χ1v) is 7.35. The lowest BCUT2D eigenvalue weighted by Gasteiger charge is -2.08. The van der Waals surface area contributed by atoms with Gasteiger partial charge in [-0.05, 0) is 51.0 Å². The van der Waals surface area contributed by atoms with Crippen LogP contribution in [0.4, 0.5) is 0 Å². The van der Waals surface area contributed by atoms with Crippen LogP contribution in [0.3, 0.4) is 0 Å². The molecule has 0 rings (SSSR count). The molecule has 1 N–H and O–H groups in total. The van der Waals surface area contributed by atoms with Crippen molar-refractivity contribution >= 4 is 0 Å². The maximum atomic E-state index is 4.15. The summed E-state index contributed by atoms with van der Waals surface area (Å²) in [6, 6.07) is 0. The second-order valence-electron chi connectivity index (χ2n) is 5.10. The second kappa shape index (κ2) is 11.8. The molecule has 0 saturated heterocycles. The van der Waals surface area contributed by atoms with Crippen molar-refractivity contribution in [3.8, 4) is 0 Å². The Bertz CT molecular complexity index is 470. The summed E-state index contributed by atoms with van der Waals surface area (Å²) in [5.74, 6) is 0. The molecule has 0 fully saturated rings. The van der Waals surface area contributed by atoms with Crippen molar-refractivity contribution in [1.82, 2.24) is 5.32 Å². The summed E-state index contributed by atoms with van der Waals surface area (Å²) in [6.45, 7) is 18.8. The van der Waals surface area contributed by atoms with E-state index in [0.717, 1.165) is 30.5 Å². The lowest BCUT2D eigenvalue weighted by molar-refractivity contribution is 0.828. The monoisotopic (exact) mass is 283 g/mol. The largest absolute Gasteiger partial charge is 0.391 e. The Morgan fingerprint density at radius 1 is 1.19 bits per heavy atom. The van der Waals surface area contributed by atoms with Crippen LogP contribution in [-0.2, 0) is 0 Å². The molecule has 0 aromatic heterocycles. The summed E-state index contributed by atoms with van der Waals surface area (Å²) < 4.78 is 0. The zero-order chi connectivity index (χ0) is 16.1. The van der Waals surface area contributed by atoms with E-state index >= 15 is 0 Å². The first-order valence-electron chi connectivity index (χ1n) is 7.35. The Kier molecular flexibility index (Phi) is 10.6. The van der Waals surface area contributed by atoms with Crippen LogP contribution < -0.4 is 5.32 Å². The highest BCUT2D eigenvalue weighted by Crippen LogP contribution is 2.15. The fraction of sp³-hybridized carbons (Fsp3) is 0.300. The molecule has 0 spiro atoms. The SMILES string of the molecule is C=C/C(C)=C/C(=C)/C(=C\C=C/C)CCN/C=C\CC(=C)C. The summed E-state index contributed by atoms with van der Waals surface area (Å²) in [7, 11) is 0. The third kappa shape index (κ3) is 10.4. The fourth-order valence-electron chi connectivity index (χ4n) is 1.62. The maximum Gasteiger partial charge on any atom is 0.0182 e. The average Bonchev–Trinajstić information content (AvgIpc) is 2.44. The molecule has 0 unspecified atom stereocenters. The molecule has 0 radical (unpaired) electrons. The molecule has 0 bridgehead atoms. The van der Waals surface area contributed by atoms with Crippen LogP contribution in [0.5, 0.6) is 0 Å². The highest BCUT2D eigenvalue weighted by molar-refractivity contribution is 5.42. The van der Waals surface area contributed by atoms with Gasteiger partial charge < -0.3 is 5.32 Å². The number of nitrogens with one attached hydrogen (secondary N) is 1. The summed E-state index contributed by atoms with van der Waals surface area (Å²) in [5.41, 5.74) is 4.56. The molecule has 21 heavy (non-hydrogen) atoms. The lowest BCUT2D eigenvalue weighted by atomic mass is 10.0. The Morgan fingerprint density at radius 2 is 1.90 bits per heavy atom. The zero-order valence-corrected chi connectivity index (χ0v) is 13.8. The molecule has 0 aliphatic carbocycles. The van der Waals surface area contributed by atoms with E-state index in [-0.39, 0.29) is 0 Å². The minimum Gasteiger partial charge on any atom is -0.391 e. The van der Waals surface area contributed by atoms with E-state index in [1.807, 2.05) is 39.1 Å². The third-order valence-electron chi connectivity index (χ3n) is 2.87. The van der Waals surface area contributed by atoms with Crippen molar-refractivity contribution in [1.29, 1.82) is 0 Å². The van der Waals surface area contributed by atoms with E-state index < -0.39 is 0 Å². The van der Waals surface area contributed by atoms with Gasteiger partial charge in [0, 0.05) is 6.54 Å². The van der Waals surface area contributed by atoms with Gasteiger partial charge in [-0.2, -0.15) is 0 Å². The van der Waals surface area contributed by atoms with Gasteiger partial charge in [0.15, 0.2) is 0 Å². The normalized spacial score (nSPS) is 12.9. The molecule has 1 heteroatoms. The molecular weight excluding hydrogens is 254 g/mol. The van der Waals surface area contributed by atoms with E-state index in [9.17, 15) is 0 Å². The molecule has 0 aromatic carbocycles. The van der Waals surface area contributed by atoms with E-state index in [4.69, 9.17) is 0 Å². The van der Waals surface area contributed by atoms with Gasteiger partial charge in [-0.15, -0.1) is 0 Å². The summed E-state index contributed by atoms with van der Waals surface area (Å²) >= 11 is 0. The Morgan fingerprint density at radius 3 is 2.48 bits per heavy atom. The van der Waals surface area contributed by atoms with E-state index in [1.54, 1.807) is 0 Å². The fourth-order valence-corrected chi connectivity index (χ4v) is 1.62. The van der Waals surface area contributed by atoms with Gasteiger partial charge in [0.2, 0.25) is 0 Å². The molecular formula is C20H29N. The number of rotatable bonds is 10. The number of allylic oxidation sites excluding steroid dienone is 9. The highest BCUT2D eigenvalue weighted by atomic mass is 14.8. The number of hydrogen-bond donors (Lipinski definition) is 1. The molecule has 0 heterocycles. The van der Waals surface area contributed by atoms with Crippen LogP contribution in [0.1, 0.15) is 33.6 Å². The van der Waals surface area contributed by atoms with Gasteiger partial charge in [0.05, 0.1) is 0 Å². The maximum absolute atomic E-state index is 4.15. The molecule has 1 nitrogen and oxygen atoms in total. The molecule has 0 saturated carbocycles. The third-order valence-corrected chi connectivity index (χ3v) is 2.87. The molecule has 114 valence electrons. The smallest absolute Gasteiger partial charge is 0.0182 e. The minimum atomic E-state index is 0.885. The molecule has 0 amide bonds. The van der Waals surface area contributed by atoms with Gasteiger partial charge in [-0.1, -0.05) is 67.3 Å². The van der Waals surface area contributed by atoms with Crippen molar-refractivity contribution < 1.29 is 0 Å². The van der Waals surface area contributed by atoms with Crippen LogP contribution >= 0.6 is 0 Å². The summed E-state index contributed by atoms with van der Waals surface area (Å²) in [6.07, 6.45) is 16.0. The van der Waals surface area contributed by atoms with Crippen molar-refractivity contribution in [2.24, 2.45) is 0 Å². The summed E-state index contributed by atoms with van der Waals surface area (Å²) in [4.78, 5) is 0. The first kappa shape index (κ1) is 19.0. The van der Waals surface area contributed by atoms with Gasteiger partial charge in [0.25, 0.3) is 0 Å². The zero-order valence-electron chi connectivity index (χ0n) is 13.8. The Hall–Kier alpha value is -2.02. The van der Waals surface area contributed by atoms with Crippen molar-refractivity contribution in [2.45, 2.75) is 33.6 Å². The van der Waals surface area contributed by atoms with E-state index in [2.05, 4.69) is 49.4 Å². The molecule has 0 aliphatic rings. The van der Waals surface area contributed by atoms with Gasteiger partial charge in [0.1, 0.15) is 0 Å². The van der Waals surface area contributed by atoms with E-state index in [1.165, 1.54) is 11.1 Å². The predicted molar refractivity (Wildman–Crippen MR) is 97.2 cm³/mol. The number of hydrogen-bond acceptors (Lipinski definition) is 1. The highest BCUT2D eigenvalue weighted by Gasteiger charge is 1.99. The van der Waals surface area contributed by atoms with Gasteiger partial charge in [-0.25, -0.2) is 0 Å². The van der Waals surface area contributed by atoms with Crippen molar-refractivity contribution in [3.63, 3.8) is 0 Å². The van der Waals surface area contributed by atoms with Crippen LogP contribution in [0.15, 0.2) is 84.7 Å². The predicted octanol–water partition coefficient (Wildman–Crippen LogP) is 5.64. The Balaban J connectivity index is 4.52. The van der Waals surface area contributed by atoms with Crippen LogP contribution in [0.2, 0.25) is 0 Å². The lowest BCUT2D eigenvalue weighted by Crippen LogP contribution is -2.08. The quantitative estimate of drug-likeness (QED) is 0.311. The van der Waals surface area contributed by atoms with Gasteiger partial charge >= 0.3 is 0 Å². The van der Waals surface area contributed by atoms with Gasteiger partial charge in [-0.3, -0.25) is 0 Å². The van der Waals surface area contributed by atoms with Crippen molar-refractivity contribution in [3.05, 3.63) is 84.7 Å². The first-order chi connectivity index (χ1) is 10.0. The van der Waals surface area contributed by atoms with E-state index in [0.29, 0.717) is 0 Å². The van der Waals surface area contributed by atoms with Crippen molar-refractivity contribution in [2.75, 3.05) is 6.54 Å². The second-order valence-corrected chi connectivity index (χ2v) is 5.10. The van der Waals surface area contributed by atoms with Crippen LogP contribution in [0, 0.1) is 0 Å². The molecule has 0 aliphatic heterocycles. The van der Waals surface area contributed by atoms with Crippen LogP contribution in [0.25, 0.3) is 0 Å². The molecule has 0 atom stereocenters. The summed E-state index contributed by atoms with van der Waals surface area (Å²) in [5, 5.41) is 3.30. The molecule has 0 aromatic rings. The Labute approximate surface area is 130 Å². The average molecular weight is 283 g/mol. The van der Waals surface area contributed by atoms with Crippen LogP contribution in [-0.4, -0.2) is 6.54 Å². The minimum absolute atomic E-state index is 0.885. The topological polar surface area (TPSA) is 12.0 Å².